The fraction of sp³-hybridized carbons (Fsp3) is 0.500. The minimum absolute atomic E-state index is 0. The molecule has 11 heavy (non-hydrogen) atoms. The lowest BCUT2D eigenvalue weighted by Gasteiger charge is -2.01. The summed E-state index contributed by atoms with van der Waals surface area (Å²) >= 11 is 0. The van der Waals surface area contributed by atoms with E-state index in [0.717, 1.165) is 0 Å². The molecule has 0 spiro atoms. The summed E-state index contributed by atoms with van der Waals surface area (Å²) in [7, 11) is 0. The summed E-state index contributed by atoms with van der Waals surface area (Å²) < 4.78 is 0. The first-order chi connectivity index (χ1) is 4.54. The van der Waals surface area contributed by atoms with Gasteiger partial charge in [-0.3, -0.25) is 9.59 Å². The van der Waals surface area contributed by atoms with Gasteiger partial charge in [0, 0.05) is 13.8 Å². The maximum atomic E-state index is 9.99. The van der Waals surface area contributed by atoms with Crippen molar-refractivity contribution in [1.29, 1.82) is 0 Å². The molecule has 0 aliphatic rings. The van der Waals surface area contributed by atoms with Gasteiger partial charge in [0.1, 0.15) is 6.04 Å². The van der Waals surface area contributed by atoms with E-state index in [1.807, 2.05) is 0 Å². The lowest BCUT2D eigenvalue weighted by molar-refractivity contribution is -0.139. The molecule has 0 rings (SSSR count). The third-order valence-electron chi connectivity index (χ3n) is 0.986. The van der Waals surface area contributed by atoms with Gasteiger partial charge in [-0.15, -0.1) is 0 Å². The van der Waals surface area contributed by atoms with Crippen LogP contribution in [0.15, 0.2) is 0 Å². The highest BCUT2D eigenvalue weighted by atomic mass is 16.4. The quantitative estimate of drug-likeness (QED) is 0.505. The highest BCUT2D eigenvalue weighted by molar-refractivity contribution is 5.74. The van der Waals surface area contributed by atoms with Crippen LogP contribution in [0.5, 0.6) is 0 Å². The zero-order valence-electron chi connectivity index (χ0n) is 5.78. The van der Waals surface area contributed by atoms with E-state index >= 15 is 0 Å². The molecule has 4 N–H and O–H groups in total. The van der Waals surface area contributed by atoms with Crippen LogP contribution in [0.1, 0.15) is 12.8 Å². The van der Waals surface area contributed by atoms with Crippen molar-refractivity contribution in [1.82, 2.24) is 0 Å². The van der Waals surface area contributed by atoms with Crippen molar-refractivity contribution in [2.75, 3.05) is 0 Å². The zero-order valence-corrected chi connectivity index (χ0v) is 5.78. The van der Waals surface area contributed by atoms with Gasteiger partial charge < -0.3 is 15.9 Å². The number of hydrogen-bond acceptors (Lipinski definition) is 3. The molecule has 0 saturated carbocycles. The highest BCUT2D eigenvalue weighted by Crippen LogP contribution is 1.93. The van der Waals surface area contributed by atoms with Gasteiger partial charge in [0.05, 0.1) is 0 Å². The molecule has 5 nitrogen and oxygen atoms in total. The molecule has 0 aliphatic carbocycles. The molecule has 4 radical (unpaired) electrons. The van der Waals surface area contributed by atoms with Crippen LogP contribution in [0.3, 0.4) is 0 Å². The van der Waals surface area contributed by atoms with Gasteiger partial charge in [0.15, 0.2) is 0 Å². The molecule has 0 fully saturated rings. The van der Waals surface area contributed by atoms with E-state index in [1.54, 1.807) is 0 Å². The fourth-order valence-corrected chi connectivity index (χ4v) is 0.402. The minimum Gasteiger partial charge on any atom is -0.481 e. The number of carbonyl (C=O) groups is 2. The molecule has 5 heteroatoms. The maximum Gasteiger partial charge on any atom is 0.320 e. The molecule has 0 saturated heterocycles. The number of carboxylic acids is 2. The van der Waals surface area contributed by atoms with Gasteiger partial charge in [0.2, 0.25) is 0 Å². The summed E-state index contributed by atoms with van der Waals surface area (Å²) in [5.74, 6) is -2.20. The van der Waals surface area contributed by atoms with Crippen molar-refractivity contribution in [3.8, 4) is 0 Å². The number of aliphatic carboxylic acids is 2. The maximum absolute atomic E-state index is 9.99. The summed E-state index contributed by atoms with van der Waals surface area (Å²) in [6.45, 7) is 0. The van der Waals surface area contributed by atoms with Gasteiger partial charge in [-0.25, -0.2) is 0 Å². The second kappa shape index (κ2) is 5.67. The van der Waals surface area contributed by atoms with E-state index in [0.29, 0.717) is 0 Å². The van der Waals surface area contributed by atoms with Crippen molar-refractivity contribution >= 4 is 11.9 Å². The monoisotopic (exact) mass is 159 g/mol. The molecule has 0 aromatic heterocycles. The third kappa shape index (κ3) is 6.79. The molecule has 0 unspecified atom stereocenters. The fourth-order valence-electron chi connectivity index (χ4n) is 0.402. The second-order valence-corrected chi connectivity index (χ2v) is 1.88. The van der Waals surface area contributed by atoms with Gasteiger partial charge in [-0.05, 0) is 6.42 Å². The Morgan fingerprint density at radius 2 is 1.82 bits per heavy atom. The molecule has 0 heterocycles. The van der Waals surface area contributed by atoms with Crippen molar-refractivity contribution in [2.45, 2.75) is 18.9 Å². The highest BCUT2D eigenvalue weighted by Gasteiger charge is 2.12. The molecule has 62 valence electrons. The summed E-state index contributed by atoms with van der Waals surface area (Å²) in [4.78, 5) is 19.9. The van der Waals surface area contributed by atoms with Crippen LogP contribution in [0.2, 0.25) is 0 Å². The smallest absolute Gasteiger partial charge is 0.320 e. The Balaban J connectivity index is 0. The Bertz CT molecular complexity index is 146. The summed E-state index contributed by atoms with van der Waals surface area (Å²) in [5.41, 5.74) is 5.00. The third-order valence-corrected chi connectivity index (χ3v) is 0.986. The number of carboxylic acid groups (broad SMARTS) is 2. The normalized spacial score (nSPS) is 11.4. The van der Waals surface area contributed by atoms with Crippen molar-refractivity contribution in [3.63, 3.8) is 0 Å². The SMILES string of the molecule is N[C@@H](CCC(=O)O)C(=O)O.[C]. The molecule has 0 aliphatic heterocycles. The molecule has 0 aromatic rings. The van der Waals surface area contributed by atoms with E-state index in [2.05, 4.69) is 0 Å². The Hall–Kier alpha value is -1.10. The molecule has 0 aromatic carbocycles. The van der Waals surface area contributed by atoms with Crippen molar-refractivity contribution in [3.05, 3.63) is 7.43 Å². The Labute approximate surface area is 64.8 Å². The number of hydrogen-bond donors (Lipinski definition) is 3. The van der Waals surface area contributed by atoms with Crippen molar-refractivity contribution < 1.29 is 19.8 Å². The van der Waals surface area contributed by atoms with Crippen LogP contribution in [-0.4, -0.2) is 28.2 Å². The summed E-state index contributed by atoms with van der Waals surface area (Å²) in [6.07, 6.45) is -0.224. The van der Waals surface area contributed by atoms with Crippen LogP contribution in [0.25, 0.3) is 0 Å². The minimum atomic E-state index is -1.17. The van der Waals surface area contributed by atoms with Crippen LogP contribution in [-0.2, 0) is 9.59 Å². The second-order valence-electron chi connectivity index (χ2n) is 1.88. The van der Waals surface area contributed by atoms with E-state index in [4.69, 9.17) is 15.9 Å². The van der Waals surface area contributed by atoms with Crippen LogP contribution >= 0.6 is 0 Å². The molecule has 0 bridgehead atoms. The summed E-state index contributed by atoms with van der Waals surface area (Å²) in [5, 5.41) is 16.3. The lowest BCUT2D eigenvalue weighted by Crippen LogP contribution is -2.30. The zero-order chi connectivity index (χ0) is 8.15. The predicted octanol–water partition coefficient (Wildman–Crippen LogP) is -0.656. The van der Waals surface area contributed by atoms with Gasteiger partial charge >= 0.3 is 11.9 Å². The van der Waals surface area contributed by atoms with Crippen LogP contribution in [0.4, 0.5) is 0 Å². The van der Waals surface area contributed by atoms with Gasteiger partial charge in [-0.1, -0.05) is 0 Å². The topological polar surface area (TPSA) is 101 Å². The molecule has 0 amide bonds. The standard InChI is InChI=1S/C5H9NO4.C/c6-3(5(9)10)1-2-4(7)8;/h3H,1-2,6H2,(H,7,8)(H,9,10);/t3-;/m0./s1. The Morgan fingerprint density at radius 1 is 1.36 bits per heavy atom. The van der Waals surface area contributed by atoms with E-state index in [-0.39, 0.29) is 20.3 Å². The molecule has 1 atom stereocenters. The number of nitrogens with two attached hydrogens (primary N) is 1. The largest absolute Gasteiger partial charge is 0.481 e. The van der Waals surface area contributed by atoms with Crippen molar-refractivity contribution in [2.24, 2.45) is 5.73 Å². The van der Waals surface area contributed by atoms with Gasteiger partial charge in [0.25, 0.3) is 0 Å². The molecular formula is C6H9NO4. The van der Waals surface area contributed by atoms with Crippen LogP contribution in [0, 0.1) is 7.43 Å². The average molecular weight is 159 g/mol. The van der Waals surface area contributed by atoms with Gasteiger partial charge in [-0.2, -0.15) is 0 Å². The van der Waals surface area contributed by atoms with E-state index in [1.165, 1.54) is 0 Å². The Kier molecular flexibility index (Phi) is 6.47. The molecular weight excluding hydrogens is 150 g/mol. The first-order valence-corrected chi connectivity index (χ1v) is 2.74. The predicted molar refractivity (Wildman–Crippen MR) is 35.7 cm³/mol. The Morgan fingerprint density at radius 3 is 2.09 bits per heavy atom. The van der Waals surface area contributed by atoms with E-state index in [9.17, 15) is 9.59 Å². The first kappa shape index (κ1) is 12.6. The number of rotatable bonds is 4. The van der Waals surface area contributed by atoms with E-state index < -0.39 is 18.0 Å². The average Bonchev–Trinajstić information content (AvgIpc) is 1.82. The first-order valence-electron chi connectivity index (χ1n) is 2.74. The summed E-state index contributed by atoms with van der Waals surface area (Å²) in [6, 6.07) is -1.06. The van der Waals surface area contributed by atoms with Crippen LogP contribution < -0.4 is 5.73 Å². The lowest BCUT2D eigenvalue weighted by atomic mass is 10.2.